The smallest absolute Gasteiger partial charge is 0.0672 e. The van der Waals surface area contributed by atoms with Crippen molar-refractivity contribution in [1.29, 1.82) is 0 Å². The van der Waals surface area contributed by atoms with Crippen LogP contribution < -0.4 is 0 Å². The first kappa shape index (κ1) is 22.3. The molecule has 1 aliphatic heterocycles. The van der Waals surface area contributed by atoms with Crippen molar-refractivity contribution in [3.05, 3.63) is 71.8 Å². The van der Waals surface area contributed by atoms with Crippen molar-refractivity contribution < 1.29 is 5.11 Å². The fourth-order valence-corrected chi connectivity index (χ4v) is 5.39. The fraction of sp³-hybridized carbons (Fsp3) is 0.538. The molecule has 2 nitrogen and oxygen atoms in total. The van der Waals surface area contributed by atoms with Crippen molar-refractivity contribution >= 4 is 12.4 Å². The van der Waals surface area contributed by atoms with Crippen LogP contribution in [0.5, 0.6) is 0 Å². The summed E-state index contributed by atoms with van der Waals surface area (Å²) in [5.41, 5.74) is 2.47. The second-order valence-corrected chi connectivity index (χ2v) is 9.07. The van der Waals surface area contributed by atoms with Gasteiger partial charge in [-0.15, -0.1) is 12.4 Å². The molecule has 2 aromatic rings. The minimum Gasteiger partial charge on any atom is -0.390 e. The predicted octanol–water partition coefficient (Wildman–Crippen LogP) is 5.84. The Morgan fingerprint density at radius 1 is 0.897 bits per heavy atom. The predicted molar refractivity (Wildman–Crippen MR) is 124 cm³/mol. The van der Waals surface area contributed by atoms with Crippen LogP contribution in [0.1, 0.15) is 62.0 Å². The summed E-state index contributed by atoms with van der Waals surface area (Å²) in [6.07, 6.45) is 9.03. The van der Waals surface area contributed by atoms with E-state index >= 15 is 0 Å². The van der Waals surface area contributed by atoms with E-state index in [1.807, 2.05) is 0 Å². The number of hydrogen-bond acceptors (Lipinski definition) is 2. The monoisotopic (exact) mass is 413 g/mol. The first-order valence-corrected chi connectivity index (χ1v) is 11.3. The van der Waals surface area contributed by atoms with E-state index in [2.05, 4.69) is 65.6 Å². The minimum absolute atomic E-state index is 0. The number of halogens is 1. The molecular weight excluding hydrogens is 378 g/mol. The highest BCUT2D eigenvalue weighted by atomic mass is 35.5. The third kappa shape index (κ3) is 6.07. The van der Waals surface area contributed by atoms with Crippen molar-refractivity contribution in [2.24, 2.45) is 5.92 Å². The Balaban J connectivity index is 0.00000240. The number of benzene rings is 2. The van der Waals surface area contributed by atoms with Crippen LogP contribution in [0.15, 0.2) is 60.7 Å². The van der Waals surface area contributed by atoms with Gasteiger partial charge in [-0.25, -0.2) is 0 Å². The molecule has 0 bridgehead atoms. The van der Waals surface area contributed by atoms with Gasteiger partial charge >= 0.3 is 0 Å². The number of aryl methyl sites for hydroxylation is 1. The highest BCUT2D eigenvalue weighted by Gasteiger charge is 2.35. The van der Waals surface area contributed by atoms with Gasteiger partial charge < -0.3 is 10.0 Å². The van der Waals surface area contributed by atoms with Crippen molar-refractivity contribution in [1.82, 2.24) is 4.90 Å². The standard InChI is InChI=1S/C26H35NO.ClH/c28-26(16-8-11-22-9-3-1-4-10-22)17-19-27(20-18-26)21-24-14-7-15-25(24)23-12-5-2-6-13-23;/h1-6,9-10,12-13,24-25,28H,7-8,11,14-21H2;1H. The lowest BCUT2D eigenvalue weighted by Crippen LogP contribution is -2.46. The molecule has 1 aliphatic carbocycles. The Labute approximate surface area is 182 Å². The molecule has 29 heavy (non-hydrogen) atoms. The van der Waals surface area contributed by atoms with E-state index in [4.69, 9.17) is 0 Å². The van der Waals surface area contributed by atoms with Gasteiger partial charge in [-0.3, -0.25) is 0 Å². The first-order chi connectivity index (χ1) is 13.7. The van der Waals surface area contributed by atoms with Crippen LogP contribution in [0.25, 0.3) is 0 Å². The number of hydrogen-bond donors (Lipinski definition) is 1. The van der Waals surface area contributed by atoms with Gasteiger partial charge in [-0.2, -0.15) is 0 Å². The van der Waals surface area contributed by atoms with Gasteiger partial charge in [0.05, 0.1) is 5.60 Å². The lowest BCUT2D eigenvalue weighted by Gasteiger charge is -2.40. The Hall–Kier alpha value is -1.35. The Morgan fingerprint density at radius 2 is 1.55 bits per heavy atom. The van der Waals surface area contributed by atoms with Gasteiger partial charge in [-0.1, -0.05) is 67.1 Å². The maximum Gasteiger partial charge on any atom is 0.0672 e. The third-order valence-electron chi connectivity index (χ3n) is 7.12. The highest BCUT2D eigenvalue weighted by molar-refractivity contribution is 5.85. The Morgan fingerprint density at radius 3 is 2.24 bits per heavy atom. The van der Waals surface area contributed by atoms with E-state index in [0.29, 0.717) is 0 Å². The average molecular weight is 414 g/mol. The zero-order valence-electron chi connectivity index (χ0n) is 17.5. The summed E-state index contributed by atoms with van der Waals surface area (Å²) in [7, 11) is 0. The number of likely N-dealkylation sites (tertiary alicyclic amines) is 1. The van der Waals surface area contributed by atoms with E-state index in [1.54, 1.807) is 0 Å². The SMILES string of the molecule is Cl.OC1(CCCc2ccccc2)CCN(CC2CCCC2c2ccccc2)CC1. The number of nitrogens with zero attached hydrogens (tertiary/aromatic N) is 1. The van der Waals surface area contributed by atoms with Crippen LogP contribution in [0.3, 0.4) is 0 Å². The van der Waals surface area contributed by atoms with E-state index in [1.165, 1.54) is 36.9 Å². The van der Waals surface area contributed by atoms with E-state index < -0.39 is 5.60 Å². The molecule has 1 saturated carbocycles. The van der Waals surface area contributed by atoms with Crippen molar-refractivity contribution in [2.45, 2.75) is 62.9 Å². The highest BCUT2D eigenvalue weighted by Crippen LogP contribution is 2.40. The molecule has 2 atom stereocenters. The molecule has 2 aromatic carbocycles. The molecule has 1 heterocycles. The van der Waals surface area contributed by atoms with Crippen molar-refractivity contribution in [3.63, 3.8) is 0 Å². The van der Waals surface area contributed by atoms with Crippen LogP contribution in [0.4, 0.5) is 0 Å². The van der Waals surface area contributed by atoms with Gasteiger partial charge in [0.1, 0.15) is 0 Å². The topological polar surface area (TPSA) is 23.5 Å². The van der Waals surface area contributed by atoms with Crippen LogP contribution in [-0.2, 0) is 6.42 Å². The molecule has 3 heteroatoms. The largest absolute Gasteiger partial charge is 0.390 e. The van der Waals surface area contributed by atoms with Crippen LogP contribution in [0, 0.1) is 5.92 Å². The minimum atomic E-state index is -0.445. The van der Waals surface area contributed by atoms with Crippen LogP contribution >= 0.6 is 12.4 Å². The molecule has 158 valence electrons. The number of rotatable bonds is 7. The second-order valence-electron chi connectivity index (χ2n) is 9.07. The molecule has 0 amide bonds. The molecule has 1 N–H and O–H groups in total. The van der Waals surface area contributed by atoms with Gasteiger partial charge in [-0.05, 0) is 67.9 Å². The molecular formula is C26H36ClNO. The molecule has 0 radical (unpaired) electrons. The molecule has 4 rings (SSSR count). The second kappa shape index (κ2) is 10.6. The summed E-state index contributed by atoms with van der Waals surface area (Å²) in [6, 6.07) is 21.8. The molecule has 2 unspecified atom stereocenters. The van der Waals surface area contributed by atoms with E-state index in [-0.39, 0.29) is 12.4 Å². The van der Waals surface area contributed by atoms with Gasteiger partial charge in [0, 0.05) is 19.6 Å². The zero-order chi connectivity index (χ0) is 19.2. The maximum absolute atomic E-state index is 11.0. The van der Waals surface area contributed by atoms with Crippen LogP contribution in [0.2, 0.25) is 0 Å². The number of piperidine rings is 1. The van der Waals surface area contributed by atoms with Crippen LogP contribution in [-0.4, -0.2) is 35.2 Å². The lowest BCUT2D eigenvalue weighted by molar-refractivity contribution is -0.0317. The van der Waals surface area contributed by atoms with Gasteiger partial charge in [0.2, 0.25) is 0 Å². The maximum atomic E-state index is 11.0. The normalized spacial score (nSPS) is 24.2. The summed E-state index contributed by atoms with van der Waals surface area (Å²) in [5.74, 6) is 1.51. The van der Waals surface area contributed by atoms with Crippen molar-refractivity contribution in [3.8, 4) is 0 Å². The average Bonchev–Trinajstić information content (AvgIpc) is 3.19. The molecule has 1 saturated heterocycles. The number of aliphatic hydroxyl groups is 1. The summed E-state index contributed by atoms with van der Waals surface area (Å²) in [6.45, 7) is 3.32. The lowest BCUT2D eigenvalue weighted by atomic mass is 9.84. The Bertz CT molecular complexity index is 712. The van der Waals surface area contributed by atoms with E-state index in [9.17, 15) is 5.11 Å². The third-order valence-corrected chi connectivity index (χ3v) is 7.12. The quantitative estimate of drug-likeness (QED) is 0.616. The summed E-state index contributed by atoms with van der Waals surface area (Å²) < 4.78 is 0. The summed E-state index contributed by atoms with van der Waals surface area (Å²) >= 11 is 0. The Kier molecular flexibility index (Phi) is 8.17. The molecule has 0 spiro atoms. The summed E-state index contributed by atoms with van der Waals surface area (Å²) in [4.78, 5) is 2.62. The van der Waals surface area contributed by atoms with Gasteiger partial charge in [0.25, 0.3) is 0 Å². The molecule has 2 fully saturated rings. The summed E-state index contributed by atoms with van der Waals surface area (Å²) in [5, 5.41) is 11.0. The zero-order valence-corrected chi connectivity index (χ0v) is 18.3. The van der Waals surface area contributed by atoms with E-state index in [0.717, 1.165) is 57.0 Å². The van der Waals surface area contributed by atoms with Crippen molar-refractivity contribution in [2.75, 3.05) is 19.6 Å². The molecule has 0 aromatic heterocycles. The first-order valence-electron chi connectivity index (χ1n) is 11.3. The van der Waals surface area contributed by atoms with Gasteiger partial charge in [0.15, 0.2) is 0 Å². The fourth-order valence-electron chi connectivity index (χ4n) is 5.39. The molecule has 2 aliphatic rings.